The van der Waals surface area contributed by atoms with E-state index in [1.807, 2.05) is 11.9 Å². The molecule has 0 radical (unpaired) electrons. The van der Waals surface area contributed by atoms with E-state index in [2.05, 4.69) is 0 Å². The highest BCUT2D eigenvalue weighted by atomic mass is 35.5. The number of hydrogen-bond acceptors (Lipinski definition) is 2. The molecule has 1 aromatic rings. The Morgan fingerprint density at radius 2 is 2.10 bits per heavy atom. The summed E-state index contributed by atoms with van der Waals surface area (Å²) in [6.45, 7) is 0. The Balaban J connectivity index is 1.81. The van der Waals surface area contributed by atoms with Crippen molar-refractivity contribution in [1.29, 1.82) is 0 Å². The predicted octanol–water partition coefficient (Wildman–Crippen LogP) is 4.50. The van der Waals surface area contributed by atoms with Gasteiger partial charge in [-0.05, 0) is 25.0 Å². The minimum atomic E-state index is -0.303. The zero-order valence-corrected chi connectivity index (χ0v) is 13.9. The van der Waals surface area contributed by atoms with E-state index in [9.17, 15) is 9.18 Å². The Hall–Kier alpha value is -0.740. The fourth-order valence-corrected chi connectivity index (χ4v) is 3.97. The molecular formula is C16H21ClFNOS. The van der Waals surface area contributed by atoms with Gasteiger partial charge in [-0.2, -0.15) is 0 Å². The minimum Gasteiger partial charge on any atom is -0.342 e. The van der Waals surface area contributed by atoms with E-state index in [0.717, 1.165) is 12.8 Å². The van der Waals surface area contributed by atoms with Crippen LogP contribution in [0.4, 0.5) is 4.39 Å². The Morgan fingerprint density at radius 1 is 1.38 bits per heavy atom. The largest absolute Gasteiger partial charge is 0.342 e. The number of amides is 1. The summed E-state index contributed by atoms with van der Waals surface area (Å²) in [7, 11) is 1.88. The van der Waals surface area contributed by atoms with Gasteiger partial charge in [-0.3, -0.25) is 4.79 Å². The number of carbonyl (C=O) groups is 1. The maximum absolute atomic E-state index is 13.6. The minimum absolute atomic E-state index is 0.124. The van der Waals surface area contributed by atoms with Gasteiger partial charge in [0.25, 0.3) is 0 Å². The smallest absolute Gasteiger partial charge is 0.232 e. The Labute approximate surface area is 135 Å². The first-order chi connectivity index (χ1) is 10.1. The summed E-state index contributed by atoms with van der Waals surface area (Å²) in [5, 5.41) is 0.426. The van der Waals surface area contributed by atoms with E-state index >= 15 is 0 Å². The van der Waals surface area contributed by atoms with Crippen molar-refractivity contribution in [1.82, 2.24) is 4.90 Å². The second-order valence-electron chi connectivity index (χ2n) is 5.49. The molecule has 0 saturated heterocycles. The SMILES string of the molecule is CN(C(=O)CSCc1c(F)cccc1Cl)C1CCCCC1. The molecule has 1 aromatic carbocycles. The van der Waals surface area contributed by atoms with Gasteiger partial charge in [-0.15, -0.1) is 11.8 Å². The summed E-state index contributed by atoms with van der Waals surface area (Å²) in [6, 6.07) is 5.05. The molecule has 1 fully saturated rings. The summed E-state index contributed by atoms with van der Waals surface area (Å²) < 4.78 is 13.6. The quantitative estimate of drug-likeness (QED) is 0.792. The first kappa shape index (κ1) is 16.6. The number of carbonyl (C=O) groups excluding carboxylic acids is 1. The molecule has 0 unspecified atom stereocenters. The molecule has 0 aliphatic heterocycles. The van der Waals surface area contributed by atoms with E-state index in [-0.39, 0.29) is 11.7 Å². The Bertz CT molecular complexity index is 471. The molecule has 5 heteroatoms. The first-order valence-electron chi connectivity index (χ1n) is 7.36. The van der Waals surface area contributed by atoms with E-state index in [1.165, 1.54) is 37.1 Å². The molecule has 2 nitrogen and oxygen atoms in total. The van der Waals surface area contributed by atoms with Crippen molar-refractivity contribution in [2.75, 3.05) is 12.8 Å². The molecular weight excluding hydrogens is 309 g/mol. The highest BCUT2D eigenvalue weighted by molar-refractivity contribution is 7.99. The number of hydrogen-bond donors (Lipinski definition) is 0. The predicted molar refractivity (Wildman–Crippen MR) is 87.2 cm³/mol. The second kappa shape index (κ2) is 8.04. The average molecular weight is 330 g/mol. The molecule has 1 amide bonds. The van der Waals surface area contributed by atoms with Crippen LogP contribution in [0.15, 0.2) is 18.2 Å². The van der Waals surface area contributed by atoms with E-state index < -0.39 is 0 Å². The standard InChI is InChI=1S/C16H21ClFNOS/c1-19(12-6-3-2-4-7-12)16(20)11-21-10-13-14(17)8-5-9-15(13)18/h5,8-9,12H,2-4,6-7,10-11H2,1H3. The lowest BCUT2D eigenvalue weighted by Gasteiger charge is -2.31. The van der Waals surface area contributed by atoms with Gasteiger partial charge in [0.2, 0.25) is 5.91 Å². The topological polar surface area (TPSA) is 20.3 Å². The highest BCUT2D eigenvalue weighted by Crippen LogP contribution is 2.25. The van der Waals surface area contributed by atoms with Gasteiger partial charge >= 0.3 is 0 Å². The lowest BCUT2D eigenvalue weighted by Crippen LogP contribution is -2.39. The fourth-order valence-electron chi connectivity index (χ4n) is 2.68. The van der Waals surface area contributed by atoms with Crippen LogP contribution in [-0.2, 0) is 10.5 Å². The van der Waals surface area contributed by atoms with Crippen molar-refractivity contribution in [3.63, 3.8) is 0 Å². The first-order valence-corrected chi connectivity index (χ1v) is 8.89. The van der Waals surface area contributed by atoms with E-state index in [1.54, 1.807) is 12.1 Å². The van der Waals surface area contributed by atoms with Crippen LogP contribution in [0, 0.1) is 5.82 Å². The van der Waals surface area contributed by atoms with Crippen LogP contribution < -0.4 is 0 Å². The number of benzene rings is 1. The number of rotatable bonds is 5. The summed E-state index contributed by atoms with van der Waals surface area (Å²) in [5.41, 5.74) is 0.484. The van der Waals surface area contributed by atoms with Crippen LogP contribution in [-0.4, -0.2) is 29.6 Å². The molecule has 1 saturated carbocycles. The molecule has 2 rings (SSSR count). The maximum Gasteiger partial charge on any atom is 0.232 e. The molecule has 0 heterocycles. The Morgan fingerprint density at radius 3 is 2.76 bits per heavy atom. The van der Waals surface area contributed by atoms with Crippen molar-refractivity contribution >= 4 is 29.3 Å². The molecule has 1 aliphatic rings. The van der Waals surface area contributed by atoms with Crippen LogP contribution in [0.2, 0.25) is 5.02 Å². The lowest BCUT2D eigenvalue weighted by molar-refractivity contribution is -0.129. The normalized spacial score (nSPS) is 16.0. The maximum atomic E-state index is 13.6. The van der Waals surface area contributed by atoms with Crippen LogP contribution >= 0.6 is 23.4 Å². The van der Waals surface area contributed by atoms with Gasteiger partial charge in [0, 0.05) is 29.4 Å². The van der Waals surface area contributed by atoms with E-state index in [4.69, 9.17) is 11.6 Å². The van der Waals surface area contributed by atoms with Gasteiger partial charge in [0.15, 0.2) is 0 Å². The van der Waals surface area contributed by atoms with Gasteiger partial charge in [-0.25, -0.2) is 4.39 Å². The Kier molecular flexibility index (Phi) is 6.37. The van der Waals surface area contributed by atoms with Crippen LogP contribution in [0.1, 0.15) is 37.7 Å². The fraction of sp³-hybridized carbons (Fsp3) is 0.562. The van der Waals surface area contributed by atoms with Crippen LogP contribution in [0.25, 0.3) is 0 Å². The number of nitrogens with zero attached hydrogens (tertiary/aromatic N) is 1. The van der Waals surface area contributed by atoms with Gasteiger partial charge in [0.05, 0.1) is 5.75 Å². The number of halogens is 2. The third kappa shape index (κ3) is 4.62. The zero-order chi connectivity index (χ0) is 15.2. The third-order valence-corrected chi connectivity index (χ3v) is 5.35. The van der Waals surface area contributed by atoms with Crippen LogP contribution in [0.3, 0.4) is 0 Å². The molecule has 116 valence electrons. The van der Waals surface area contributed by atoms with Crippen molar-refractivity contribution in [2.45, 2.75) is 43.9 Å². The van der Waals surface area contributed by atoms with Crippen molar-refractivity contribution in [3.8, 4) is 0 Å². The van der Waals surface area contributed by atoms with Gasteiger partial charge in [-0.1, -0.05) is 36.9 Å². The molecule has 0 bridgehead atoms. The average Bonchev–Trinajstić information content (AvgIpc) is 2.50. The van der Waals surface area contributed by atoms with Crippen molar-refractivity contribution in [3.05, 3.63) is 34.6 Å². The molecule has 1 aliphatic carbocycles. The van der Waals surface area contributed by atoms with Crippen molar-refractivity contribution in [2.24, 2.45) is 0 Å². The zero-order valence-electron chi connectivity index (χ0n) is 12.3. The third-order valence-electron chi connectivity index (χ3n) is 4.05. The van der Waals surface area contributed by atoms with Crippen molar-refractivity contribution < 1.29 is 9.18 Å². The molecule has 0 spiro atoms. The monoisotopic (exact) mass is 329 g/mol. The molecule has 0 N–H and O–H groups in total. The van der Waals surface area contributed by atoms with Gasteiger partial charge in [0.1, 0.15) is 5.82 Å². The molecule has 21 heavy (non-hydrogen) atoms. The lowest BCUT2D eigenvalue weighted by atomic mass is 9.94. The molecule has 0 aromatic heterocycles. The number of thioether (sulfide) groups is 1. The summed E-state index contributed by atoms with van der Waals surface area (Å²) >= 11 is 7.40. The molecule has 0 atom stereocenters. The summed E-state index contributed by atoms with van der Waals surface area (Å²) in [4.78, 5) is 14.1. The summed E-state index contributed by atoms with van der Waals surface area (Å²) in [6.07, 6.45) is 5.90. The van der Waals surface area contributed by atoms with E-state index in [0.29, 0.717) is 28.1 Å². The summed E-state index contributed by atoms with van der Waals surface area (Å²) in [5.74, 6) is 0.621. The van der Waals surface area contributed by atoms with Crippen LogP contribution in [0.5, 0.6) is 0 Å². The highest BCUT2D eigenvalue weighted by Gasteiger charge is 2.21. The van der Waals surface area contributed by atoms with Gasteiger partial charge < -0.3 is 4.90 Å². The second-order valence-corrected chi connectivity index (χ2v) is 6.88.